The molecule has 0 atom stereocenters. The predicted molar refractivity (Wildman–Crippen MR) is 144 cm³/mol. The number of aryl methyl sites for hydroxylation is 1. The summed E-state index contributed by atoms with van der Waals surface area (Å²) >= 11 is 6.47. The number of ether oxygens (including phenoxy) is 2. The average molecular weight is 511 g/mol. The number of amides is 1. The number of carbonyl (C=O) groups excluding carboxylic acids is 2. The first-order chi connectivity index (χ1) is 17.9. The van der Waals surface area contributed by atoms with Crippen LogP contribution in [-0.2, 0) is 16.1 Å². The molecule has 7 heteroatoms. The summed E-state index contributed by atoms with van der Waals surface area (Å²) in [6.45, 7) is 2.39. The Labute approximate surface area is 219 Å². The first kappa shape index (κ1) is 25.5. The van der Waals surface area contributed by atoms with Crippen LogP contribution in [0.1, 0.15) is 27.0 Å². The Kier molecular flexibility index (Phi) is 7.87. The van der Waals surface area contributed by atoms with Gasteiger partial charge in [-0.05, 0) is 71.3 Å². The van der Waals surface area contributed by atoms with Gasteiger partial charge in [0.15, 0.2) is 0 Å². The van der Waals surface area contributed by atoms with Crippen LogP contribution < -0.4 is 10.1 Å². The van der Waals surface area contributed by atoms with Crippen molar-refractivity contribution >= 4 is 46.0 Å². The number of rotatable bonds is 7. The molecule has 0 saturated heterocycles. The highest BCUT2D eigenvalue weighted by molar-refractivity contribution is 6.32. The molecule has 0 fully saturated rings. The van der Waals surface area contributed by atoms with Crippen molar-refractivity contribution in [1.29, 1.82) is 5.26 Å². The van der Waals surface area contributed by atoms with Crippen LogP contribution in [0.15, 0.2) is 84.4 Å². The number of benzene rings is 4. The van der Waals surface area contributed by atoms with E-state index >= 15 is 0 Å². The van der Waals surface area contributed by atoms with Gasteiger partial charge < -0.3 is 14.8 Å². The number of nitrogens with one attached hydrogen (secondary N) is 1. The van der Waals surface area contributed by atoms with E-state index in [0.29, 0.717) is 34.2 Å². The number of nitriles is 1. The summed E-state index contributed by atoms with van der Waals surface area (Å²) in [6, 6.07) is 25.4. The lowest BCUT2D eigenvalue weighted by atomic mass is 10.0. The minimum atomic E-state index is -0.587. The van der Waals surface area contributed by atoms with Crippen LogP contribution in [0.3, 0.4) is 0 Å². The van der Waals surface area contributed by atoms with Crippen LogP contribution in [0, 0.1) is 18.3 Å². The van der Waals surface area contributed by atoms with E-state index in [9.17, 15) is 14.9 Å². The molecule has 0 unspecified atom stereocenters. The zero-order valence-electron chi connectivity index (χ0n) is 20.2. The van der Waals surface area contributed by atoms with Gasteiger partial charge in [-0.15, -0.1) is 0 Å². The number of hydrogen-bond acceptors (Lipinski definition) is 5. The van der Waals surface area contributed by atoms with Crippen molar-refractivity contribution in [3.8, 4) is 11.8 Å². The Morgan fingerprint density at radius 1 is 1.03 bits per heavy atom. The monoisotopic (exact) mass is 510 g/mol. The summed E-state index contributed by atoms with van der Waals surface area (Å²) in [6.07, 6.45) is 1.45. The van der Waals surface area contributed by atoms with Crippen molar-refractivity contribution in [3.05, 3.63) is 112 Å². The van der Waals surface area contributed by atoms with Crippen molar-refractivity contribution in [2.24, 2.45) is 0 Å². The van der Waals surface area contributed by atoms with E-state index in [1.165, 1.54) is 25.3 Å². The summed E-state index contributed by atoms with van der Waals surface area (Å²) < 4.78 is 10.7. The first-order valence-corrected chi connectivity index (χ1v) is 11.8. The van der Waals surface area contributed by atoms with Gasteiger partial charge in [-0.25, -0.2) is 4.79 Å². The Hall–Kier alpha value is -4.60. The summed E-state index contributed by atoms with van der Waals surface area (Å²) in [5, 5.41) is 14.8. The van der Waals surface area contributed by atoms with Crippen LogP contribution in [0.4, 0.5) is 5.69 Å². The zero-order valence-corrected chi connectivity index (χ0v) is 21.0. The number of fused-ring (bicyclic) bond motifs is 1. The third kappa shape index (κ3) is 5.97. The molecule has 0 heterocycles. The van der Waals surface area contributed by atoms with Gasteiger partial charge in [-0.2, -0.15) is 5.26 Å². The van der Waals surface area contributed by atoms with Crippen LogP contribution >= 0.6 is 11.6 Å². The van der Waals surface area contributed by atoms with Gasteiger partial charge >= 0.3 is 5.97 Å². The van der Waals surface area contributed by atoms with Gasteiger partial charge in [0.2, 0.25) is 0 Å². The fourth-order valence-electron chi connectivity index (χ4n) is 3.83. The van der Waals surface area contributed by atoms with Gasteiger partial charge in [-0.1, -0.05) is 54.1 Å². The zero-order chi connectivity index (χ0) is 26.4. The van der Waals surface area contributed by atoms with Crippen molar-refractivity contribution in [2.45, 2.75) is 13.5 Å². The number of nitrogens with zero attached hydrogens (tertiary/aromatic N) is 1. The van der Waals surface area contributed by atoms with E-state index in [4.69, 9.17) is 16.3 Å². The lowest BCUT2D eigenvalue weighted by molar-refractivity contribution is -0.112. The highest BCUT2D eigenvalue weighted by Crippen LogP contribution is 2.29. The number of esters is 1. The second-order valence-corrected chi connectivity index (χ2v) is 8.66. The second kappa shape index (κ2) is 11.4. The van der Waals surface area contributed by atoms with E-state index < -0.39 is 11.9 Å². The molecule has 1 N–H and O–H groups in total. The Bertz CT molecular complexity index is 1550. The number of anilines is 1. The Morgan fingerprint density at radius 3 is 2.49 bits per heavy atom. The molecule has 0 spiro atoms. The smallest absolute Gasteiger partial charge is 0.337 e. The maximum absolute atomic E-state index is 12.6. The van der Waals surface area contributed by atoms with Crippen LogP contribution in [0.5, 0.6) is 5.75 Å². The number of halogens is 1. The van der Waals surface area contributed by atoms with E-state index in [1.54, 1.807) is 30.3 Å². The second-order valence-electron chi connectivity index (χ2n) is 8.25. The molecule has 4 aromatic rings. The average Bonchev–Trinajstić information content (AvgIpc) is 2.92. The lowest BCUT2D eigenvalue weighted by Crippen LogP contribution is -2.13. The minimum Gasteiger partial charge on any atom is -0.487 e. The molecule has 184 valence electrons. The quantitative estimate of drug-likeness (QED) is 0.169. The van der Waals surface area contributed by atoms with Gasteiger partial charge in [0.1, 0.15) is 24.0 Å². The van der Waals surface area contributed by atoms with Gasteiger partial charge in [-0.3, -0.25) is 4.79 Å². The van der Waals surface area contributed by atoms with Gasteiger partial charge in [0.05, 0.1) is 17.7 Å². The number of methoxy groups -OCH3 is 1. The van der Waals surface area contributed by atoms with Crippen molar-refractivity contribution in [3.63, 3.8) is 0 Å². The highest BCUT2D eigenvalue weighted by Gasteiger charge is 2.12. The van der Waals surface area contributed by atoms with Crippen LogP contribution in [0.2, 0.25) is 5.02 Å². The first-order valence-electron chi connectivity index (χ1n) is 11.4. The minimum absolute atomic E-state index is 0.104. The van der Waals surface area contributed by atoms with E-state index in [0.717, 1.165) is 21.9 Å². The predicted octanol–water partition coefficient (Wildman–Crippen LogP) is 6.71. The molecular formula is C30H23ClN2O4. The lowest BCUT2D eigenvalue weighted by Gasteiger charge is -2.13. The molecule has 0 bridgehead atoms. The molecule has 0 aliphatic heterocycles. The molecule has 37 heavy (non-hydrogen) atoms. The van der Waals surface area contributed by atoms with Crippen molar-refractivity contribution < 1.29 is 19.1 Å². The normalized spacial score (nSPS) is 11.0. The molecule has 6 nitrogen and oxygen atoms in total. The van der Waals surface area contributed by atoms with E-state index in [2.05, 4.69) is 34.3 Å². The van der Waals surface area contributed by atoms with Crippen LogP contribution in [0.25, 0.3) is 16.8 Å². The molecular weight excluding hydrogens is 488 g/mol. The summed E-state index contributed by atoms with van der Waals surface area (Å²) in [5.41, 5.74) is 3.47. The molecule has 0 aliphatic carbocycles. The Balaban J connectivity index is 1.47. The molecule has 1 amide bonds. The standard InChI is InChI=1S/C30H23ClN2O4/c1-19-7-9-21-5-3-4-6-25(21)26(19)18-37-28-14-8-20(16-27(28)31)15-23(17-32)29(34)33-24-12-10-22(11-13-24)30(35)36-2/h3-16H,18H2,1-2H3,(H,33,34)/b23-15+. The van der Waals surface area contributed by atoms with Crippen molar-refractivity contribution in [2.75, 3.05) is 12.4 Å². The summed E-state index contributed by atoms with van der Waals surface area (Å²) in [7, 11) is 1.29. The van der Waals surface area contributed by atoms with Gasteiger partial charge in [0, 0.05) is 11.3 Å². The van der Waals surface area contributed by atoms with E-state index in [1.807, 2.05) is 25.1 Å². The molecule has 0 aliphatic rings. The van der Waals surface area contributed by atoms with Crippen molar-refractivity contribution in [1.82, 2.24) is 0 Å². The van der Waals surface area contributed by atoms with Gasteiger partial charge in [0.25, 0.3) is 5.91 Å². The fraction of sp³-hybridized carbons (Fsp3) is 0.100. The molecule has 4 rings (SSSR count). The largest absolute Gasteiger partial charge is 0.487 e. The molecule has 0 saturated carbocycles. The topological polar surface area (TPSA) is 88.4 Å². The third-order valence-electron chi connectivity index (χ3n) is 5.84. The molecule has 0 aromatic heterocycles. The third-order valence-corrected chi connectivity index (χ3v) is 6.14. The number of carbonyl (C=O) groups is 2. The number of hydrogen-bond donors (Lipinski definition) is 1. The SMILES string of the molecule is COC(=O)c1ccc(NC(=O)/C(C#N)=C/c2ccc(OCc3c(C)ccc4ccccc34)c(Cl)c2)cc1. The summed E-state index contributed by atoms with van der Waals surface area (Å²) in [5.74, 6) is -0.567. The Morgan fingerprint density at radius 2 is 1.78 bits per heavy atom. The molecule has 0 radical (unpaired) electrons. The summed E-state index contributed by atoms with van der Waals surface area (Å²) in [4.78, 5) is 24.2. The maximum atomic E-state index is 12.6. The fourth-order valence-corrected chi connectivity index (χ4v) is 4.08. The van der Waals surface area contributed by atoms with Crippen LogP contribution in [-0.4, -0.2) is 19.0 Å². The highest BCUT2D eigenvalue weighted by atomic mass is 35.5. The maximum Gasteiger partial charge on any atom is 0.337 e. The van der Waals surface area contributed by atoms with E-state index in [-0.39, 0.29) is 5.57 Å². The molecule has 4 aromatic carbocycles.